The minimum absolute atomic E-state index is 0.100. The molecule has 0 radical (unpaired) electrons. The largest absolute Gasteiger partial charge is 0.339 e. The van der Waals surface area contributed by atoms with Gasteiger partial charge in [0.2, 0.25) is 5.89 Å². The molecule has 0 atom stereocenters. The average Bonchev–Trinajstić information content (AvgIpc) is 2.79. The van der Waals surface area contributed by atoms with Crippen molar-refractivity contribution in [3.05, 3.63) is 40.2 Å². The quantitative estimate of drug-likeness (QED) is 0.816. The van der Waals surface area contributed by atoms with Crippen LogP contribution in [-0.4, -0.2) is 19.7 Å². The summed E-state index contributed by atoms with van der Waals surface area (Å²) in [6, 6.07) is 1.55. The predicted octanol–water partition coefficient (Wildman–Crippen LogP) is 1.36. The van der Waals surface area contributed by atoms with Crippen molar-refractivity contribution in [1.29, 1.82) is 0 Å². The SMILES string of the molecule is CCc1nc(Cn2cnc(C(C)C)cc2=O)no1. The second-order valence-electron chi connectivity index (χ2n) is 4.39. The summed E-state index contributed by atoms with van der Waals surface area (Å²) in [5.74, 6) is 1.31. The highest BCUT2D eigenvalue weighted by Gasteiger charge is 2.08. The Morgan fingerprint density at radius 3 is 2.78 bits per heavy atom. The van der Waals surface area contributed by atoms with E-state index in [1.165, 1.54) is 10.9 Å². The van der Waals surface area contributed by atoms with Gasteiger partial charge >= 0.3 is 0 Å². The van der Waals surface area contributed by atoms with E-state index in [0.29, 0.717) is 18.1 Å². The van der Waals surface area contributed by atoms with Crippen LogP contribution >= 0.6 is 0 Å². The summed E-state index contributed by atoms with van der Waals surface area (Å²) in [6.45, 7) is 6.22. The lowest BCUT2D eigenvalue weighted by Crippen LogP contribution is -2.22. The van der Waals surface area contributed by atoms with E-state index in [0.717, 1.165) is 5.69 Å². The third-order valence-corrected chi connectivity index (χ3v) is 2.62. The second kappa shape index (κ2) is 5.12. The smallest absolute Gasteiger partial charge is 0.253 e. The van der Waals surface area contributed by atoms with Gasteiger partial charge in [-0.1, -0.05) is 25.9 Å². The van der Waals surface area contributed by atoms with Crippen molar-refractivity contribution in [2.24, 2.45) is 0 Å². The zero-order valence-electron chi connectivity index (χ0n) is 10.8. The van der Waals surface area contributed by atoms with E-state index >= 15 is 0 Å². The Morgan fingerprint density at radius 2 is 2.22 bits per heavy atom. The van der Waals surface area contributed by atoms with Crippen LogP contribution in [-0.2, 0) is 13.0 Å². The van der Waals surface area contributed by atoms with Gasteiger partial charge in [0.25, 0.3) is 5.56 Å². The van der Waals surface area contributed by atoms with Crippen molar-refractivity contribution in [3.63, 3.8) is 0 Å². The molecule has 2 rings (SSSR count). The molecule has 0 aromatic carbocycles. The van der Waals surface area contributed by atoms with E-state index in [1.54, 1.807) is 6.07 Å². The first kappa shape index (κ1) is 12.5. The first-order chi connectivity index (χ1) is 8.60. The molecule has 96 valence electrons. The molecule has 18 heavy (non-hydrogen) atoms. The van der Waals surface area contributed by atoms with Crippen molar-refractivity contribution in [2.75, 3.05) is 0 Å². The molecule has 6 nitrogen and oxygen atoms in total. The molecule has 0 unspecified atom stereocenters. The second-order valence-corrected chi connectivity index (χ2v) is 4.39. The fourth-order valence-electron chi connectivity index (χ4n) is 1.52. The number of hydrogen-bond donors (Lipinski definition) is 0. The van der Waals surface area contributed by atoms with Gasteiger partial charge in [-0.3, -0.25) is 9.36 Å². The molecule has 0 N–H and O–H groups in total. The van der Waals surface area contributed by atoms with Gasteiger partial charge in [-0.05, 0) is 5.92 Å². The van der Waals surface area contributed by atoms with Crippen LogP contribution in [0.1, 0.15) is 44.1 Å². The van der Waals surface area contributed by atoms with Gasteiger partial charge in [-0.25, -0.2) is 4.98 Å². The number of hydrogen-bond acceptors (Lipinski definition) is 5. The summed E-state index contributed by atoms with van der Waals surface area (Å²) < 4.78 is 6.46. The van der Waals surface area contributed by atoms with Gasteiger partial charge < -0.3 is 4.52 Å². The van der Waals surface area contributed by atoms with E-state index in [2.05, 4.69) is 15.1 Å². The van der Waals surface area contributed by atoms with E-state index < -0.39 is 0 Å². The van der Waals surface area contributed by atoms with Crippen LogP contribution in [0, 0.1) is 0 Å². The summed E-state index contributed by atoms with van der Waals surface area (Å²) in [4.78, 5) is 20.3. The number of aromatic nitrogens is 4. The third kappa shape index (κ3) is 2.64. The number of nitrogens with zero attached hydrogens (tertiary/aromatic N) is 4. The Morgan fingerprint density at radius 1 is 1.44 bits per heavy atom. The van der Waals surface area contributed by atoms with Crippen LogP contribution in [0.5, 0.6) is 0 Å². The summed E-state index contributed by atoms with van der Waals surface area (Å²) in [5.41, 5.74) is 0.690. The van der Waals surface area contributed by atoms with Crippen LogP contribution in [0.25, 0.3) is 0 Å². The van der Waals surface area contributed by atoms with Crippen molar-refractivity contribution >= 4 is 0 Å². The Hall–Kier alpha value is -1.98. The summed E-state index contributed by atoms with van der Waals surface area (Å²) >= 11 is 0. The van der Waals surface area contributed by atoms with Crippen LogP contribution in [0.2, 0.25) is 0 Å². The van der Waals surface area contributed by atoms with Gasteiger partial charge in [0.1, 0.15) is 0 Å². The fourth-order valence-corrected chi connectivity index (χ4v) is 1.52. The average molecular weight is 248 g/mol. The molecule has 2 aromatic rings. The molecule has 0 bridgehead atoms. The van der Waals surface area contributed by atoms with Crippen LogP contribution < -0.4 is 5.56 Å². The van der Waals surface area contributed by atoms with Gasteiger partial charge in [0.15, 0.2) is 5.82 Å². The molecule has 0 saturated carbocycles. The maximum absolute atomic E-state index is 11.9. The lowest BCUT2D eigenvalue weighted by atomic mass is 10.1. The zero-order valence-corrected chi connectivity index (χ0v) is 10.8. The highest BCUT2D eigenvalue weighted by molar-refractivity contribution is 5.04. The first-order valence-electron chi connectivity index (χ1n) is 5.98. The molecule has 0 aliphatic heterocycles. The van der Waals surface area contributed by atoms with E-state index in [9.17, 15) is 4.79 Å². The molecule has 0 aliphatic carbocycles. The standard InChI is InChI=1S/C12H16N4O2/c1-4-11-14-10(15-18-11)6-16-7-13-9(8(2)3)5-12(16)17/h5,7-8H,4,6H2,1-3H3. The Bertz CT molecular complexity index is 586. The van der Waals surface area contributed by atoms with Crippen LogP contribution in [0.3, 0.4) is 0 Å². The van der Waals surface area contributed by atoms with E-state index in [1.807, 2.05) is 20.8 Å². The van der Waals surface area contributed by atoms with Crippen molar-refractivity contribution in [3.8, 4) is 0 Å². The van der Waals surface area contributed by atoms with Crippen LogP contribution in [0.4, 0.5) is 0 Å². The molecule has 0 saturated heterocycles. The molecule has 2 heterocycles. The zero-order chi connectivity index (χ0) is 13.1. The Kier molecular flexibility index (Phi) is 3.55. The molecule has 0 fully saturated rings. The van der Waals surface area contributed by atoms with Crippen molar-refractivity contribution in [1.82, 2.24) is 19.7 Å². The normalized spacial score (nSPS) is 11.1. The highest BCUT2D eigenvalue weighted by Crippen LogP contribution is 2.07. The maximum atomic E-state index is 11.9. The molecular formula is C12H16N4O2. The molecule has 2 aromatic heterocycles. The summed E-state index contributed by atoms with van der Waals surface area (Å²) in [7, 11) is 0. The van der Waals surface area contributed by atoms with Gasteiger partial charge in [-0.2, -0.15) is 4.98 Å². The molecule has 6 heteroatoms. The summed E-state index contributed by atoms with van der Waals surface area (Å²) in [6.07, 6.45) is 2.21. The fraction of sp³-hybridized carbons (Fsp3) is 0.500. The first-order valence-corrected chi connectivity index (χ1v) is 5.98. The topological polar surface area (TPSA) is 73.8 Å². The molecule has 0 spiro atoms. The monoisotopic (exact) mass is 248 g/mol. The minimum atomic E-state index is -0.100. The number of aryl methyl sites for hydroxylation is 1. The van der Waals surface area contributed by atoms with Crippen molar-refractivity contribution < 1.29 is 4.52 Å². The Balaban J connectivity index is 2.22. The van der Waals surface area contributed by atoms with E-state index in [4.69, 9.17) is 4.52 Å². The van der Waals surface area contributed by atoms with Gasteiger partial charge in [0, 0.05) is 12.5 Å². The molecule has 0 amide bonds. The lowest BCUT2D eigenvalue weighted by molar-refractivity contribution is 0.375. The summed E-state index contributed by atoms with van der Waals surface area (Å²) in [5, 5.41) is 3.81. The molecular weight excluding hydrogens is 232 g/mol. The van der Waals surface area contributed by atoms with E-state index in [-0.39, 0.29) is 18.0 Å². The maximum Gasteiger partial charge on any atom is 0.253 e. The third-order valence-electron chi connectivity index (χ3n) is 2.62. The highest BCUT2D eigenvalue weighted by atomic mass is 16.5. The lowest BCUT2D eigenvalue weighted by Gasteiger charge is -2.05. The minimum Gasteiger partial charge on any atom is -0.339 e. The predicted molar refractivity (Wildman–Crippen MR) is 65.4 cm³/mol. The number of rotatable bonds is 4. The van der Waals surface area contributed by atoms with Gasteiger partial charge in [0.05, 0.1) is 18.6 Å². The van der Waals surface area contributed by atoms with Crippen LogP contribution in [0.15, 0.2) is 21.7 Å². The Labute approximate surface area is 105 Å². The van der Waals surface area contributed by atoms with Gasteiger partial charge in [-0.15, -0.1) is 0 Å². The molecule has 0 aliphatic rings. The van der Waals surface area contributed by atoms with Crippen molar-refractivity contribution in [2.45, 2.75) is 39.7 Å².